The average molecular weight is 190 g/mol. The van der Waals surface area contributed by atoms with E-state index in [1.54, 1.807) is 24.3 Å². The topological polar surface area (TPSA) is 32.9 Å². The molecule has 0 saturated heterocycles. The first kappa shape index (κ1) is 9.98. The van der Waals surface area contributed by atoms with Gasteiger partial charge in [-0.05, 0) is 12.1 Å². The molecule has 1 N–H and O–H groups in total. The number of fused-ring (bicyclic) bond motifs is 1. The molecule has 2 nitrogen and oxygen atoms in total. The van der Waals surface area contributed by atoms with Gasteiger partial charge in [-0.1, -0.05) is 18.2 Å². The highest BCUT2D eigenvalue weighted by molar-refractivity contribution is 5.77. The Bertz CT molecular complexity index is 480. The lowest BCUT2D eigenvalue weighted by Crippen LogP contribution is -2.09. The Morgan fingerprint density at radius 1 is 1.23 bits per heavy atom. The molecule has 0 bridgehead atoms. The van der Waals surface area contributed by atoms with E-state index in [-0.39, 0.29) is 17.4 Å². The van der Waals surface area contributed by atoms with Gasteiger partial charge in [-0.25, -0.2) is 4.39 Å². The lowest BCUT2D eigenvalue weighted by molar-refractivity contribution is 0.612. The second kappa shape index (κ2) is 3.74. The summed E-state index contributed by atoms with van der Waals surface area (Å²) in [4.78, 5) is 13.2. The molecule has 1 heterocycles. The SMILES string of the molecule is O=c1[nH]c2ccccc2cc1F.[Al]. The summed E-state index contributed by atoms with van der Waals surface area (Å²) in [5.74, 6) is -0.742. The molecule has 0 atom stereocenters. The Kier molecular flexibility index (Phi) is 2.87. The van der Waals surface area contributed by atoms with Crippen LogP contribution in [0.5, 0.6) is 0 Å². The van der Waals surface area contributed by atoms with Crippen molar-refractivity contribution in [3.63, 3.8) is 0 Å². The van der Waals surface area contributed by atoms with Crippen LogP contribution < -0.4 is 5.56 Å². The minimum Gasteiger partial charge on any atom is -0.319 e. The van der Waals surface area contributed by atoms with Crippen LogP contribution in [0.25, 0.3) is 10.9 Å². The number of para-hydroxylation sites is 1. The molecule has 3 radical (unpaired) electrons. The molecular weight excluding hydrogens is 184 g/mol. The largest absolute Gasteiger partial charge is 0.319 e. The molecule has 0 aliphatic carbocycles. The zero-order valence-electron chi connectivity index (χ0n) is 6.75. The lowest BCUT2D eigenvalue weighted by atomic mass is 10.2. The number of rotatable bonds is 0. The van der Waals surface area contributed by atoms with Crippen molar-refractivity contribution < 1.29 is 4.39 Å². The summed E-state index contributed by atoms with van der Waals surface area (Å²) < 4.78 is 12.7. The normalized spacial score (nSPS) is 9.62. The van der Waals surface area contributed by atoms with Gasteiger partial charge in [0.15, 0.2) is 5.82 Å². The van der Waals surface area contributed by atoms with E-state index >= 15 is 0 Å². The molecule has 0 amide bonds. The van der Waals surface area contributed by atoms with Crippen molar-refractivity contribution in [3.8, 4) is 0 Å². The monoisotopic (exact) mass is 190 g/mol. The Labute approximate surface area is 84.5 Å². The van der Waals surface area contributed by atoms with Gasteiger partial charge >= 0.3 is 0 Å². The predicted molar refractivity (Wildman–Crippen MR) is 50.3 cm³/mol. The number of benzene rings is 1. The first-order valence-corrected chi connectivity index (χ1v) is 3.55. The number of aromatic nitrogens is 1. The van der Waals surface area contributed by atoms with Crippen LogP contribution in [-0.2, 0) is 0 Å². The van der Waals surface area contributed by atoms with Crippen LogP contribution in [0.2, 0.25) is 0 Å². The molecule has 2 aromatic rings. The van der Waals surface area contributed by atoms with E-state index in [0.29, 0.717) is 10.9 Å². The quantitative estimate of drug-likeness (QED) is 0.624. The fourth-order valence-corrected chi connectivity index (χ4v) is 1.12. The standard InChI is InChI=1S/C9H6FNO.Al/c10-7-5-6-3-1-2-4-8(6)11-9(7)12;/h1-5H,(H,11,12);. The van der Waals surface area contributed by atoms with E-state index in [2.05, 4.69) is 4.98 Å². The predicted octanol–water partition coefficient (Wildman–Crippen LogP) is 1.29. The fourth-order valence-electron chi connectivity index (χ4n) is 1.12. The van der Waals surface area contributed by atoms with Crippen LogP contribution in [0.3, 0.4) is 0 Å². The highest BCUT2D eigenvalue weighted by Gasteiger charge is 1.98. The maximum absolute atomic E-state index is 12.7. The smallest absolute Gasteiger partial charge is 0.284 e. The molecule has 0 saturated carbocycles. The number of hydrogen-bond acceptors (Lipinski definition) is 1. The second-order valence-electron chi connectivity index (χ2n) is 2.53. The lowest BCUT2D eigenvalue weighted by Gasteiger charge is -1.95. The van der Waals surface area contributed by atoms with Crippen molar-refractivity contribution in [1.29, 1.82) is 0 Å². The van der Waals surface area contributed by atoms with E-state index in [1.807, 2.05) is 0 Å². The second-order valence-corrected chi connectivity index (χ2v) is 2.53. The van der Waals surface area contributed by atoms with E-state index in [1.165, 1.54) is 6.07 Å². The molecule has 4 heteroatoms. The minimum atomic E-state index is -0.742. The van der Waals surface area contributed by atoms with Crippen molar-refractivity contribution in [1.82, 2.24) is 4.98 Å². The number of nitrogens with one attached hydrogen (secondary N) is 1. The van der Waals surface area contributed by atoms with Gasteiger partial charge in [0.1, 0.15) is 0 Å². The summed E-state index contributed by atoms with van der Waals surface area (Å²) in [5.41, 5.74) is -0.0161. The van der Waals surface area contributed by atoms with E-state index < -0.39 is 11.4 Å². The van der Waals surface area contributed by atoms with Gasteiger partial charge < -0.3 is 4.98 Å². The van der Waals surface area contributed by atoms with Crippen LogP contribution >= 0.6 is 0 Å². The molecule has 0 aliphatic rings. The highest BCUT2D eigenvalue weighted by Crippen LogP contribution is 2.08. The first-order valence-electron chi connectivity index (χ1n) is 3.55. The van der Waals surface area contributed by atoms with Crippen LogP contribution in [0.4, 0.5) is 4.39 Å². The third-order valence-corrected chi connectivity index (χ3v) is 1.71. The summed E-state index contributed by atoms with van der Waals surface area (Å²) in [5, 5.41) is 0.703. The summed E-state index contributed by atoms with van der Waals surface area (Å²) in [7, 11) is 0. The van der Waals surface area contributed by atoms with Gasteiger partial charge in [-0.3, -0.25) is 4.79 Å². The summed E-state index contributed by atoms with van der Waals surface area (Å²) in [6.45, 7) is 0. The number of aromatic amines is 1. The highest BCUT2D eigenvalue weighted by atomic mass is 27.0. The Hall–Kier alpha value is -1.11. The molecule has 63 valence electrons. The summed E-state index contributed by atoms with van der Waals surface area (Å²) in [6, 6.07) is 8.29. The Morgan fingerprint density at radius 2 is 1.92 bits per heavy atom. The molecule has 0 unspecified atom stereocenters. The van der Waals surface area contributed by atoms with Crippen molar-refractivity contribution in [2.45, 2.75) is 0 Å². The summed E-state index contributed by atoms with van der Waals surface area (Å²) in [6.07, 6.45) is 0. The van der Waals surface area contributed by atoms with E-state index in [9.17, 15) is 9.18 Å². The molecule has 2 rings (SSSR count). The van der Waals surface area contributed by atoms with Crippen molar-refractivity contribution in [2.24, 2.45) is 0 Å². The van der Waals surface area contributed by atoms with Crippen LogP contribution in [0, 0.1) is 5.82 Å². The number of halogens is 1. The zero-order valence-corrected chi connectivity index (χ0v) is 7.91. The molecule has 1 aromatic carbocycles. The Morgan fingerprint density at radius 3 is 2.69 bits per heavy atom. The number of pyridine rings is 1. The zero-order chi connectivity index (χ0) is 8.55. The van der Waals surface area contributed by atoms with E-state index in [0.717, 1.165) is 0 Å². The average Bonchev–Trinajstić information content (AvgIpc) is 2.07. The first-order chi connectivity index (χ1) is 5.77. The maximum Gasteiger partial charge on any atom is 0.284 e. The van der Waals surface area contributed by atoms with Gasteiger partial charge in [-0.15, -0.1) is 0 Å². The van der Waals surface area contributed by atoms with Gasteiger partial charge in [0.2, 0.25) is 0 Å². The third-order valence-electron chi connectivity index (χ3n) is 1.71. The number of hydrogen-bond donors (Lipinski definition) is 1. The van der Waals surface area contributed by atoms with Gasteiger partial charge in [0, 0.05) is 28.3 Å². The maximum atomic E-state index is 12.7. The molecule has 0 fully saturated rings. The van der Waals surface area contributed by atoms with Crippen LogP contribution in [0.1, 0.15) is 0 Å². The third kappa shape index (κ3) is 1.80. The Balaban J connectivity index is 0.000000845. The van der Waals surface area contributed by atoms with Gasteiger partial charge in [0.25, 0.3) is 5.56 Å². The van der Waals surface area contributed by atoms with Gasteiger partial charge in [-0.2, -0.15) is 0 Å². The molecular formula is C9H6AlFNO. The fraction of sp³-hybridized carbons (Fsp3) is 0. The van der Waals surface area contributed by atoms with Crippen molar-refractivity contribution in [3.05, 3.63) is 46.5 Å². The molecule has 0 aliphatic heterocycles. The molecule has 13 heavy (non-hydrogen) atoms. The van der Waals surface area contributed by atoms with E-state index in [4.69, 9.17) is 0 Å². The van der Waals surface area contributed by atoms with Crippen molar-refractivity contribution in [2.75, 3.05) is 0 Å². The molecule has 0 spiro atoms. The minimum absolute atomic E-state index is 0. The van der Waals surface area contributed by atoms with Crippen LogP contribution in [0.15, 0.2) is 35.1 Å². The summed E-state index contributed by atoms with van der Waals surface area (Å²) >= 11 is 0. The van der Waals surface area contributed by atoms with Crippen molar-refractivity contribution >= 4 is 28.3 Å². The molecule has 1 aromatic heterocycles. The van der Waals surface area contributed by atoms with Crippen LogP contribution in [-0.4, -0.2) is 22.3 Å². The van der Waals surface area contributed by atoms with Gasteiger partial charge in [0.05, 0.1) is 0 Å². The number of H-pyrrole nitrogens is 1.